The summed E-state index contributed by atoms with van der Waals surface area (Å²) in [6.45, 7) is 4.26. The SMILES string of the molecule is COC(=O)C1=C(C(=O)OC)N(c2cccc(-c3ccc(C)c(C)c3)c2)COC1. The first kappa shape index (κ1) is 19.6. The lowest BCUT2D eigenvalue weighted by molar-refractivity contribution is -0.140. The maximum Gasteiger partial charge on any atom is 0.355 e. The van der Waals surface area contributed by atoms with E-state index in [0.29, 0.717) is 0 Å². The number of aryl methyl sites for hydroxylation is 2. The zero-order chi connectivity index (χ0) is 20.3. The lowest BCUT2D eigenvalue weighted by Crippen LogP contribution is -2.38. The van der Waals surface area contributed by atoms with Crippen molar-refractivity contribution in [2.24, 2.45) is 0 Å². The molecule has 6 nitrogen and oxygen atoms in total. The van der Waals surface area contributed by atoms with Gasteiger partial charge in [-0.15, -0.1) is 0 Å². The fraction of sp³-hybridized carbons (Fsp3) is 0.273. The van der Waals surface area contributed by atoms with Gasteiger partial charge >= 0.3 is 11.9 Å². The molecule has 0 spiro atoms. The van der Waals surface area contributed by atoms with Gasteiger partial charge in [-0.3, -0.25) is 0 Å². The summed E-state index contributed by atoms with van der Waals surface area (Å²) >= 11 is 0. The zero-order valence-corrected chi connectivity index (χ0v) is 16.4. The normalized spacial score (nSPS) is 14.1. The van der Waals surface area contributed by atoms with Crippen LogP contribution in [-0.2, 0) is 23.8 Å². The Morgan fingerprint density at radius 2 is 1.64 bits per heavy atom. The van der Waals surface area contributed by atoms with Gasteiger partial charge in [0.25, 0.3) is 0 Å². The molecule has 0 saturated heterocycles. The highest BCUT2D eigenvalue weighted by atomic mass is 16.5. The van der Waals surface area contributed by atoms with E-state index >= 15 is 0 Å². The van der Waals surface area contributed by atoms with Crippen LogP contribution in [0.1, 0.15) is 11.1 Å². The van der Waals surface area contributed by atoms with Crippen LogP contribution >= 0.6 is 0 Å². The third-order valence-corrected chi connectivity index (χ3v) is 4.83. The largest absolute Gasteiger partial charge is 0.466 e. The van der Waals surface area contributed by atoms with Crippen LogP contribution in [0.5, 0.6) is 0 Å². The Morgan fingerprint density at radius 1 is 0.929 bits per heavy atom. The molecule has 6 heteroatoms. The third kappa shape index (κ3) is 3.77. The highest BCUT2D eigenvalue weighted by molar-refractivity contribution is 6.03. The highest BCUT2D eigenvalue weighted by Gasteiger charge is 2.32. The number of hydrogen-bond acceptors (Lipinski definition) is 6. The Morgan fingerprint density at radius 3 is 2.32 bits per heavy atom. The minimum absolute atomic E-state index is 0.00947. The summed E-state index contributed by atoms with van der Waals surface area (Å²) in [5, 5.41) is 0. The number of esters is 2. The molecule has 0 atom stereocenters. The number of anilines is 1. The molecule has 0 bridgehead atoms. The van der Waals surface area contributed by atoms with Crippen molar-refractivity contribution in [3.05, 3.63) is 64.9 Å². The minimum atomic E-state index is -0.615. The van der Waals surface area contributed by atoms with Crippen LogP contribution in [0.3, 0.4) is 0 Å². The molecule has 0 unspecified atom stereocenters. The maximum absolute atomic E-state index is 12.4. The topological polar surface area (TPSA) is 65.1 Å². The first-order valence-corrected chi connectivity index (χ1v) is 8.89. The molecular formula is C22H23NO5. The first-order valence-electron chi connectivity index (χ1n) is 8.89. The van der Waals surface area contributed by atoms with E-state index in [0.717, 1.165) is 16.8 Å². The predicted octanol–water partition coefficient (Wildman–Crippen LogP) is 3.36. The Labute approximate surface area is 164 Å². The second kappa shape index (κ2) is 8.27. The lowest BCUT2D eigenvalue weighted by Gasteiger charge is -2.31. The van der Waals surface area contributed by atoms with Crippen molar-refractivity contribution in [3.8, 4) is 11.1 Å². The summed E-state index contributed by atoms with van der Waals surface area (Å²) in [6.07, 6.45) is 0. The van der Waals surface area contributed by atoms with Gasteiger partial charge in [0.15, 0.2) is 0 Å². The second-order valence-electron chi connectivity index (χ2n) is 6.57. The van der Waals surface area contributed by atoms with Crippen molar-refractivity contribution in [1.82, 2.24) is 0 Å². The maximum atomic E-state index is 12.4. The Hall–Kier alpha value is -3.12. The van der Waals surface area contributed by atoms with Crippen molar-refractivity contribution < 1.29 is 23.8 Å². The van der Waals surface area contributed by atoms with Gasteiger partial charge in [-0.1, -0.05) is 30.3 Å². The van der Waals surface area contributed by atoms with Crippen molar-refractivity contribution in [1.29, 1.82) is 0 Å². The fourth-order valence-corrected chi connectivity index (χ4v) is 3.12. The van der Waals surface area contributed by atoms with E-state index in [4.69, 9.17) is 14.2 Å². The molecule has 3 rings (SSSR count). The van der Waals surface area contributed by atoms with E-state index in [9.17, 15) is 9.59 Å². The third-order valence-electron chi connectivity index (χ3n) is 4.83. The zero-order valence-electron chi connectivity index (χ0n) is 16.4. The number of nitrogens with zero attached hydrogens (tertiary/aromatic N) is 1. The molecule has 0 aromatic heterocycles. The monoisotopic (exact) mass is 381 g/mol. The van der Waals surface area contributed by atoms with Gasteiger partial charge in [0.2, 0.25) is 0 Å². The molecule has 28 heavy (non-hydrogen) atoms. The van der Waals surface area contributed by atoms with Crippen molar-refractivity contribution in [3.63, 3.8) is 0 Å². The van der Waals surface area contributed by atoms with E-state index < -0.39 is 11.9 Å². The van der Waals surface area contributed by atoms with E-state index in [2.05, 4.69) is 32.0 Å². The van der Waals surface area contributed by atoms with Crippen LogP contribution in [0.2, 0.25) is 0 Å². The van der Waals surface area contributed by atoms with Crippen LogP contribution in [-0.4, -0.2) is 39.5 Å². The molecule has 1 aliphatic rings. The summed E-state index contributed by atoms with van der Waals surface area (Å²) in [5.74, 6) is -1.23. The standard InChI is InChI=1S/C22H23NO5/c1-14-8-9-17(10-15(14)2)16-6-5-7-18(11-16)23-13-28-12-19(21(24)26-3)20(23)22(25)27-4/h5-11H,12-13H2,1-4H3. The van der Waals surface area contributed by atoms with Crippen molar-refractivity contribution >= 4 is 17.6 Å². The molecule has 0 amide bonds. The Balaban J connectivity index is 2.07. The van der Waals surface area contributed by atoms with Gasteiger partial charge in [-0.2, -0.15) is 0 Å². The Bertz CT molecular complexity index is 948. The van der Waals surface area contributed by atoms with E-state index in [1.807, 2.05) is 24.3 Å². The number of methoxy groups -OCH3 is 2. The molecule has 0 N–H and O–H groups in total. The highest BCUT2D eigenvalue weighted by Crippen LogP contribution is 2.31. The van der Waals surface area contributed by atoms with Gasteiger partial charge in [-0.05, 0) is 48.2 Å². The lowest BCUT2D eigenvalue weighted by atomic mass is 10.00. The van der Waals surface area contributed by atoms with Gasteiger partial charge in [0.05, 0.1) is 26.4 Å². The molecule has 0 saturated carbocycles. The van der Waals surface area contributed by atoms with Gasteiger partial charge in [-0.25, -0.2) is 9.59 Å². The number of ether oxygens (including phenoxy) is 3. The van der Waals surface area contributed by atoms with Crippen molar-refractivity contribution in [2.75, 3.05) is 32.5 Å². The van der Waals surface area contributed by atoms with E-state index in [1.54, 1.807) is 4.90 Å². The number of hydrogen-bond donors (Lipinski definition) is 0. The summed E-state index contributed by atoms with van der Waals surface area (Å²) in [5.41, 5.74) is 5.48. The van der Waals surface area contributed by atoms with Gasteiger partial charge in [0, 0.05) is 5.69 Å². The summed E-state index contributed by atoms with van der Waals surface area (Å²) < 4.78 is 15.3. The predicted molar refractivity (Wildman–Crippen MR) is 106 cm³/mol. The summed E-state index contributed by atoms with van der Waals surface area (Å²) in [4.78, 5) is 26.2. The van der Waals surface area contributed by atoms with Gasteiger partial charge < -0.3 is 19.1 Å². The van der Waals surface area contributed by atoms with Crippen LogP contribution < -0.4 is 4.90 Å². The quantitative estimate of drug-likeness (QED) is 0.757. The smallest absolute Gasteiger partial charge is 0.355 e. The van der Waals surface area contributed by atoms with Crippen LogP contribution in [0.25, 0.3) is 11.1 Å². The minimum Gasteiger partial charge on any atom is -0.466 e. The number of carbonyl (C=O) groups excluding carboxylic acids is 2. The molecule has 0 aliphatic carbocycles. The number of carbonyl (C=O) groups is 2. The molecular weight excluding hydrogens is 358 g/mol. The molecule has 146 valence electrons. The Kier molecular flexibility index (Phi) is 5.80. The molecule has 2 aromatic rings. The van der Waals surface area contributed by atoms with Crippen LogP contribution in [0.15, 0.2) is 53.7 Å². The van der Waals surface area contributed by atoms with E-state index in [-0.39, 0.29) is 24.6 Å². The number of benzene rings is 2. The average Bonchev–Trinajstić information content (AvgIpc) is 2.74. The second-order valence-corrected chi connectivity index (χ2v) is 6.57. The fourth-order valence-electron chi connectivity index (χ4n) is 3.12. The van der Waals surface area contributed by atoms with Crippen molar-refractivity contribution in [2.45, 2.75) is 13.8 Å². The summed E-state index contributed by atoms with van der Waals surface area (Å²) in [6, 6.07) is 14.0. The molecule has 0 fully saturated rings. The molecule has 0 radical (unpaired) electrons. The van der Waals surface area contributed by atoms with Crippen LogP contribution in [0.4, 0.5) is 5.69 Å². The molecule has 1 aliphatic heterocycles. The first-order chi connectivity index (χ1) is 13.5. The molecule has 2 aromatic carbocycles. The van der Waals surface area contributed by atoms with E-state index in [1.165, 1.54) is 25.3 Å². The average molecular weight is 381 g/mol. The number of rotatable bonds is 4. The summed E-state index contributed by atoms with van der Waals surface area (Å²) in [7, 11) is 2.55. The van der Waals surface area contributed by atoms with Crippen LogP contribution in [0, 0.1) is 13.8 Å². The molecule has 1 heterocycles. The van der Waals surface area contributed by atoms with Gasteiger partial charge in [0.1, 0.15) is 12.4 Å².